The fraction of sp³-hybridized carbons (Fsp3) is 0.632. The molecular weight excluding hydrogens is 276 g/mol. The number of benzene rings is 1. The van der Waals surface area contributed by atoms with Crippen LogP contribution in [0.1, 0.15) is 75.1 Å². The zero-order valence-corrected chi connectivity index (χ0v) is 13.8. The third-order valence-corrected chi connectivity index (χ3v) is 3.81. The molecule has 22 heavy (non-hydrogen) atoms. The summed E-state index contributed by atoms with van der Waals surface area (Å²) in [6, 6.07) is 8.88. The quantitative estimate of drug-likeness (QED) is 0.448. The number of rotatable bonds is 12. The van der Waals surface area contributed by atoms with Crippen LogP contribution >= 0.6 is 0 Å². The fourth-order valence-electron chi connectivity index (χ4n) is 2.43. The van der Waals surface area contributed by atoms with E-state index in [1.54, 1.807) is 24.3 Å². The highest BCUT2D eigenvalue weighted by Crippen LogP contribution is 2.11. The zero-order chi connectivity index (χ0) is 16.0. The van der Waals surface area contributed by atoms with Crippen LogP contribution in [0.3, 0.4) is 0 Å². The molecule has 0 saturated carbocycles. The molecule has 1 aromatic carbocycles. The van der Waals surface area contributed by atoms with Gasteiger partial charge in [0.1, 0.15) is 6.61 Å². The summed E-state index contributed by atoms with van der Waals surface area (Å²) in [4.78, 5) is 11.7. The predicted octanol–water partition coefficient (Wildman–Crippen LogP) is 4.74. The number of unbranched alkanes of at least 4 members (excludes halogenated alkanes) is 7. The van der Waals surface area contributed by atoms with Gasteiger partial charge in [0.15, 0.2) is 0 Å². The van der Waals surface area contributed by atoms with Crippen LogP contribution in [0.15, 0.2) is 30.3 Å². The van der Waals surface area contributed by atoms with Crippen LogP contribution in [0.25, 0.3) is 0 Å². The summed E-state index contributed by atoms with van der Waals surface area (Å²) in [6.45, 7) is 2.32. The van der Waals surface area contributed by atoms with Gasteiger partial charge in [-0.2, -0.15) is 0 Å². The Kier molecular flexibility index (Phi) is 10.4. The Morgan fingerprint density at radius 1 is 1.00 bits per heavy atom. The maximum Gasteiger partial charge on any atom is 0.338 e. The number of hydrogen-bond donors (Lipinski definition) is 1. The highest BCUT2D eigenvalue weighted by molar-refractivity contribution is 5.89. The summed E-state index contributed by atoms with van der Waals surface area (Å²) in [5.74, 6) is -0.365. The fourth-order valence-corrected chi connectivity index (χ4v) is 2.43. The third-order valence-electron chi connectivity index (χ3n) is 3.81. The molecule has 0 spiro atoms. The van der Waals surface area contributed by atoms with Crippen molar-refractivity contribution >= 4 is 5.97 Å². The molecule has 0 unspecified atom stereocenters. The average Bonchev–Trinajstić information content (AvgIpc) is 2.56. The number of aliphatic hydroxyl groups excluding tert-OH is 1. The van der Waals surface area contributed by atoms with Crippen molar-refractivity contribution in [2.75, 3.05) is 6.61 Å². The van der Waals surface area contributed by atoms with Gasteiger partial charge in [0.05, 0.1) is 11.7 Å². The second-order valence-corrected chi connectivity index (χ2v) is 5.88. The molecule has 0 fully saturated rings. The topological polar surface area (TPSA) is 46.5 Å². The van der Waals surface area contributed by atoms with Crippen molar-refractivity contribution < 1.29 is 14.6 Å². The molecule has 0 amide bonds. The first kappa shape index (κ1) is 18.7. The molecule has 1 N–H and O–H groups in total. The molecule has 0 radical (unpaired) electrons. The highest BCUT2D eigenvalue weighted by atomic mass is 16.5. The van der Waals surface area contributed by atoms with Crippen molar-refractivity contribution in [2.24, 2.45) is 0 Å². The van der Waals surface area contributed by atoms with Crippen LogP contribution < -0.4 is 0 Å². The van der Waals surface area contributed by atoms with E-state index in [1.165, 1.54) is 38.5 Å². The van der Waals surface area contributed by atoms with Gasteiger partial charge in [0, 0.05) is 0 Å². The maximum atomic E-state index is 11.7. The summed E-state index contributed by atoms with van der Waals surface area (Å²) in [6.07, 6.45) is 10.1. The van der Waals surface area contributed by atoms with Crippen LogP contribution in [0.5, 0.6) is 0 Å². The Bertz CT molecular complexity index is 389. The van der Waals surface area contributed by atoms with E-state index in [2.05, 4.69) is 6.92 Å². The molecule has 0 bridgehead atoms. The summed E-state index contributed by atoms with van der Waals surface area (Å²) < 4.78 is 5.12. The molecule has 3 nitrogen and oxygen atoms in total. The van der Waals surface area contributed by atoms with Gasteiger partial charge in [-0.05, 0) is 18.6 Å². The number of carbonyl (C=O) groups is 1. The maximum absolute atomic E-state index is 11.7. The largest absolute Gasteiger partial charge is 0.459 e. The van der Waals surface area contributed by atoms with E-state index in [-0.39, 0.29) is 12.6 Å². The first-order valence-electron chi connectivity index (χ1n) is 8.64. The molecular formula is C19H30O3. The van der Waals surface area contributed by atoms with Gasteiger partial charge in [-0.1, -0.05) is 76.5 Å². The Labute approximate surface area is 134 Å². The van der Waals surface area contributed by atoms with Gasteiger partial charge in [-0.3, -0.25) is 0 Å². The molecule has 0 aromatic heterocycles. The average molecular weight is 306 g/mol. The monoisotopic (exact) mass is 306 g/mol. The first-order chi connectivity index (χ1) is 10.7. The molecule has 0 aliphatic carbocycles. The van der Waals surface area contributed by atoms with Crippen molar-refractivity contribution in [1.82, 2.24) is 0 Å². The van der Waals surface area contributed by atoms with Crippen LogP contribution in [0.2, 0.25) is 0 Å². The molecule has 1 rings (SSSR count). The van der Waals surface area contributed by atoms with Gasteiger partial charge < -0.3 is 9.84 Å². The minimum Gasteiger partial charge on any atom is -0.459 e. The van der Waals surface area contributed by atoms with Crippen molar-refractivity contribution in [2.45, 2.75) is 70.8 Å². The minimum absolute atomic E-state index is 0.0875. The molecule has 124 valence electrons. The first-order valence-corrected chi connectivity index (χ1v) is 8.64. The lowest BCUT2D eigenvalue weighted by atomic mass is 10.1. The van der Waals surface area contributed by atoms with Crippen LogP contribution in [0, 0.1) is 0 Å². The lowest BCUT2D eigenvalue weighted by Gasteiger charge is -2.11. The van der Waals surface area contributed by atoms with E-state index >= 15 is 0 Å². The van der Waals surface area contributed by atoms with E-state index in [0.717, 1.165) is 12.8 Å². The van der Waals surface area contributed by atoms with Crippen LogP contribution in [-0.4, -0.2) is 23.8 Å². The molecule has 0 heterocycles. The number of ether oxygens (including phenoxy) is 1. The number of carbonyl (C=O) groups excluding carboxylic acids is 1. The Hall–Kier alpha value is -1.35. The third kappa shape index (κ3) is 8.83. The molecule has 3 heteroatoms. The summed E-state index contributed by atoms with van der Waals surface area (Å²) in [5, 5.41) is 9.84. The number of esters is 1. The Morgan fingerprint density at radius 3 is 2.23 bits per heavy atom. The molecule has 1 aromatic rings. The molecule has 0 aliphatic rings. The van der Waals surface area contributed by atoms with Gasteiger partial charge in [0.2, 0.25) is 0 Å². The minimum atomic E-state index is -0.548. The van der Waals surface area contributed by atoms with E-state index in [0.29, 0.717) is 12.0 Å². The lowest BCUT2D eigenvalue weighted by Crippen LogP contribution is -2.18. The SMILES string of the molecule is CCCCCCCCCC[C@H](O)COC(=O)c1ccccc1. The van der Waals surface area contributed by atoms with E-state index in [1.807, 2.05) is 6.07 Å². The normalized spacial score (nSPS) is 12.1. The molecule has 0 aliphatic heterocycles. The molecule has 1 atom stereocenters. The summed E-state index contributed by atoms with van der Waals surface area (Å²) in [7, 11) is 0. The van der Waals surface area contributed by atoms with E-state index in [4.69, 9.17) is 4.74 Å². The predicted molar refractivity (Wildman–Crippen MR) is 90.0 cm³/mol. The standard InChI is InChI=1S/C19H30O3/c1-2-3-4-5-6-7-8-12-15-18(20)16-22-19(21)17-13-10-9-11-14-17/h9-11,13-14,18,20H,2-8,12,15-16H2,1H3/t18-/m0/s1. The Balaban J connectivity index is 1.99. The van der Waals surface area contributed by atoms with E-state index < -0.39 is 6.10 Å². The molecule has 0 saturated heterocycles. The van der Waals surface area contributed by atoms with Crippen molar-refractivity contribution in [1.29, 1.82) is 0 Å². The van der Waals surface area contributed by atoms with Crippen LogP contribution in [-0.2, 0) is 4.74 Å². The smallest absolute Gasteiger partial charge is 0.338 e. The number of aliphatic hydroxyl groups is 1. The van der Waals surface area contributed by atoms with Gasteiger partial charge in [0.25, 0.3) is 0 Å². The summed E-state index contributed by atoms with van der Waals surface area (Å²) >= 11 is 0. The van der Waals surface area contributed by atoms with Gasteiger partial charge in [-0.25, -0.2) is 4.79 Å². The zero-order valence-electron chi connectivity index (χ0n) is 13.8. The van der Waals surface area contributed by atoms with Crippen molar-refractivity contribution in [3.8, 4) is 0 Å². The number of hydrogen-bond acceptors (Lipinski definition) is 3. The van der Waals surface area contributed by atoms with Crippen molar-refractivity contribution in [3.63, 3.8) is 0 Å². The van der Waals surface area contributed by atoms with Crippen LogP contribution in [0.4, 0.5) is 0 Å². The van der Waals surface area contributed by atoms with Crippen molar-refractivity contribution in [3.05, 3.63) is 35.9 Å². The van der Waals surface area contributed by atoms with Gasteiger partial charge in [-0.15, -0.1) is 0 Å². The van der Waals surface area contributed by atoms with Gasteiger partial charge >= 0.3 is 5.97 Å². The lowest BCUT2D eigenvalue weighted by molar-refractivity contribution is 0.0233. The second-order valence-electron chi connectivity index (χ2n) is 5.88. The second kappa shape index (κ2) is 12.2. The highest BCUT2D eigenvalue weighted by Gasteiger charge is 2.10. The summed E-state index contributed by atoms with van der Waals surface area (Å²) in [5.41, 5.74) is 0.529. The van der Waals surface area contributed by atoms with E-state index in [9.17, 15) is 9.90 Å². The Morgan fingerprint density at radius 2 is 1.59 bits per heavy atom.